The Kier molecular flexibility index (Phi) is 4.18. The number of thiophene rings is 1. The van der Waals surface area contributed by atoms with Crippen molar-refractivity contribution in [3.05, 3.63) is 21.9 Å². The van der Waals surface area contributed by atoms with Crippen molar-refractivity contribution in [1.29, 1.82) is 0 Å². The molecule has 1 saturated carbocycles. The van der Waals surface area contributed by atoms with E-state index in [-0.39, 0.29) is 0 Å². The normalized spacial score (nSPS) is 15.4. The van der Waals surface area contributed by atoms with E-state index in [1.54, 1.807) is 6.07 Å². The second-order valence-corrected chi connectivity index (χ2v) is 5.92. The number of nitrogens with zero attached hydrogens (tertiary/aromatic N) is 1. The number of hydrogen-bond acceptors (Lipinski definition) is 3. The van der Waals surface area contributed by atoms with E-state index in [2.05, 4.69) is 11.8 Å². The average molecular weight is 253 g/mol. The fraction of sp³-hybridized carbons (Fsp3) is 0.615. The van der Waals surface area contributed by atoms with E-state index in [0.29, 0.717) is 4.88 Å². The molecule has 0 aromatic carbocycles. The summed E-state index contributed by atoms with van der Waals surface area (Å²) in [7, 11) is 0. The molecular weight excluding hydrogens is 234 g/mol. The van der Waals surface area contributed by atoms with Gasteiger partial charge in [-0.2, -0.15) is 0 Å². The maximum Gasteiger partial charge on any atom is 0.345 e. The molecule has 94 valence electrons. The Morgan fingerprint density at radius 2 is 2.29 bits per heavy atom. The molecule has 1 aliphatic rings. The summed E-state index contributed by atoms with van der Waals surface area (Å²) in [6.07, 6.45) is 3.89. The number of aromatic carboxylic acids is 1. The Bertz CT molecular complexity index is 385. The number of carboxylic acid groups (broad SMARTS) is 1. The largest absolute Gasteiger partial charge is 0.477 e. The van der Waals surface area contributed by atoms with Crippen LogP contribution in [0.3, 0.4) is 0 Å². The minimum atomic E-state index is -0.814. The van der Waals surface area contributed by atoms with Crippen LogP contribution in [-0.4, -0.2) is 29.1 Å². The van der Waals surface area contributed by atoms with E-state index in [0.717, 1.165) is 30.3 Å². The van der Waals surface area contributed by atoms with E-state index in [1.165, 1.54) is 30.7 Å². The molecule has 0 saturated heterocycles. The molecule has 0 radical (unpaired) electrons. The van der Waals surface area contributed by atoms with E-state index in [1.807, 2.05) is 6.07 Å². The summed E-state index contributed by atoms with van der Waals surface area (Å²) in [5.74, 6) is 0.0749. The van der Waals surface area contributed by atoms with Crippen molar-refractivity contribution in [3.8, 4) is 0 Å². The van der Waals surface area contributed by atoms with E-state index in [9.17, 15) is 4.79 Å². The highest BCUT2D eigenvalue weighted by Crippen LogP contribution is 2.30. The Labute approximate surface area is 106 Å². The van der Waals surface area contributed by atoms with Gasteiger partial charge < -0.3 is 5.11 Å². The zero-order valence-corrected chi connectivity index (χ0v) is 11.0. The van der Waals surface area contributed by atoms with Crippen molar-refractivity contribution >= 4 is 17.3 Å². The molecule has 0 spiro atoms. The second-order valence-electron chi connectivity index (χ2n) is 4.75. The van der Waals surface area contributed by atoms with Gasteiger partial charge in [-0.3, -0.25) is 4.90 Å². The lowest BCUT2D eigenvalue weighted by atomic mass is 10.3. The molecule has 0 aliphatic heterocycles. The second kappa shape index (κ2) is 5.65. The first kappa shape index (κ1) is 12.6. The van der Waals surface area contributed by atoms with Gasteiger partial charge in [-0.1, -0.05) is 6.92 Å². The average Bonchev–Trinajstić information content (AvgIpc) is 2.95. The molecule has 3 nitrogen and oxygen atoms in total. The zero-order valence-electron chi connectivity index (χ0n) is 10.2. The van der Waals surface area contributed by atoms with Gasteiger partial charge >= 0.3 is 5.97 Å². The van der Waals surface area contributed by atoms with Crippen LogP contribution in [0.1, 0.15) is 40.7 Å². The molecule has 0 amide bonds. The molecule has 0 unspecified atom stereocenters. The molecule has 0 atom stereocenters. The Morgan fingerprint density at radius 3 is 2.82 bits per heavy atom. The first-order valence-corrected chi connectivity index (χ1v) is 7.05. The maximum atomic E-state index is 10.8. The van der Waals surface area contributed by atoms with Gasteiger partial charge in [0.25, 0.3) is 0 Å². The van der Waals surface area contributed by atoms with Gasteiger partial charge in [-0.25, -0.2) is 4.79 Å². The fourth-order valence-corrected chi connectivity index (χ4v) is 2.90. The summed E-state index contributed by atoms with van der Waals surface area (Å²) in [5, 5.41) is 8.89. The van der Waals surface area contributed by atoms with Crippen LogP contribution in [0.15, 0.2) is 12.1 Å². The summed E-state index contributed by atoms with van der Waals surface area (Å²) < 4.78 is 0. The highest BCUT2D eigenvalue weighted by Gasteiger charge is 2.24. The summed E-state index contributed by atoms with van der Waals surface area (Å²) in [6, 6.07) is 3.66. The number of hydrogen-bond donors (Lipinski definition) is 1. The molecule has 1 fully saturated rings. The third-order valence-corrected chi connectivity index (χ3v) is 4.06. The van der Waals surface area contributed by atoms with E-state index in [4.69, 9.17) is 5.11 Å². The van der Waals surface area contributed by atoms with Gasteiger partial charge in [0, 0.05) is 18.0 Å². The first-order valence-electron chi connectivity index (χ1n) is 6.23. The predicted molar refractivity (Wildman–Crippen MR) is 69.6 cm³/mol. The fourth-order valence-electron chi connectivity index (χ4n) is 2.01. The van der Waals surface area contributed by atoms with E-state index >= 15 is 0 Å². The van der Waals surface area contributed by atoms with Crippen molar-refractivity contribution in [2.75, 3.05) is 13.1 Å². The standard InChI is InChI=1S/C13H19NO2S/c1-2-7-14(8-10-3-4-10)9-11-5-6-12(17-11)13(15)16/h5-6,10H,2-4,7-9H2,1H3,(H,15,16). The molecule has 1 heterocycles. The molecule has 1 N–H and O–H groups in total. The highest BCUT2D eigenvalue weighted by atomic mass is 32.1. The number of carbonyl (C=O) groups is 1. The summed E-state index contributed by atoms with van der Waals surface area (Å²) in [4.78, 5) is 14.9. The molecule has 1 aliphatic carbocycles. The van der Waals surface area contributed by atoms with Crippen molar-refractivity contribution in [1.82, 2.24) is 4.90 Å². The number of rotatable bonds is 7. The van der Waals surface area contributed by atoms with Gasteiger partial charge in [0.15, 0.2) is 0 Å². The molecule has 1 aromatic rings. The van der Waals surface area contributed by atoms with Gasteiger partial charge in [0.2, 0.25) is 0 Å². The Balaban J connectivity index is 1.92. The van der Waals surface area contributed by atoms with Crippen LogP contribution in [0.2, 0.25) is 0 Å². The van der Waals surface area contributed by atoms with Crippen molar-refractivity contribution in [2.24, 2.45) is 5.92 Å². The molecule has 1 aromatic heterocycles. The molecule has 0 bridgehead atoms. The topological polar surface area (TPSA) is 40.5 Å². The highest BCUT2D eigenvalue weighted by molar-refractivity contribution is 7.13. The molecule has 17 heavy (non-hydrogen) atoms. The van der Waals surface area contributed by atoms with Crippen LogP contribution >= 0.6 is 11.3 Å². The van der Waals surface area contributed by atoms with Gasteiger partial charge in [-0.05, 0) is 43.9 Å². The Morgan fingerprint density at radius 1 is 1.53 bits per heavy atom. The number of carboxylic acids is 1. The zero-order chi connectivity index (χ0) is 12.3. The van der Waals surface area contributed by atoms with E-state index < -0.39 is 5.97 Å². The summed E-state index contributed by atoms with van der Waals surface area (Å²) >= 11 is 1.40. The quantitative estimate of drug-likeness (QED) is 0.812. The van der Waals surface area contributed by atoms with Crippen LogP contribution in [-0.2, 0) is 6.54 Å². The smallest absolute Gasteiger partial charge is 0.345 e. The lowest BCUT2D eigenvalue weighted by Crippen LogP contribution is -2.25. The van der Waals surface area contributed by atoms with Gasteiger partial charge in [0.05, 0.1) is 0 Å². The molecule has 2 rings (SSSR count). The van der Waals surface area contributed by atoms with Gasteiger partial charge in [-0.15, -0.1) is 11.3 Å². The first-order chi connectivity index (χ1) is 8.19. The third kappa shape index (κ3) is 3.82. The lowest BCUT2D eigenvalue weighted by molar-refractivity contribution is 0.0702. The molecular formula is C13H19NO2S. The van der Waals surface area contributed by atoms with Crippen LogP contribution in [0.5, 0.6) is 0 Å². The van der Waals surface area contributed by atoms with Crippen molar-refractivity contribution in [2.45, 2.75) is 32.7 Å². The lowest BCUT2D eigenvalue weighted by Gasteiger charge is -2.20. The summed E-state index contributed by atoms with van der Waals surface area (Å²) in [6.45, 7) is 5.38. The minimum Gasteiger partial charge on any atom is -0.477 e. The molecule has 4 heteroatoms. The monoisotopic (exact) mass is 253 g/mol. The van der Waals surface area contributed by atoms with Crippen LogP contribution in [0.4, 0.5) is 0 Å². The summed E-state index contributed by atoms with van der Waals surface area (Å²) in [5.41, 5.74) is 0. The predicted octanol–water partition coefficient (Wildman–Crippen LogP) is 3.07. The minimum absolute atomic E-state index is 0.447. The SMILES string of the molecule is CCCN(Cc1ccc(C(=O)O)s1)CC1CC1. The van der Waals surface area contributed by atoms with Crippen molar-refractivity contribution < 1.29 is 9.90 Å². The Hall–Kier alpha value is -0.870. The maximum absolute atomic E-state index is 10.8. The third-order valence-electron chi connectivity index (χ3n) is 3.01. The van der Waals surface area contributed by atoms with Crippen molar-refractivity contribution in [3.63, 3.8) is 0 Å². The van der Waals surface area contributed by atoms with Crippen LogP contribution in [0, 0.1) is 5.92 Å². The van der Waals surface area contributed by atoms with Crippen LogP contribution < -0.4 is 0 Å². The van der Waals surface area contributed by atoms with Crippen LogP contribution in [0.25, 0.3) is 0 Å². The van der Waals surface area contributed by atoms with Gasteiger partial charge in [0.1, 0.15) is 4.88 Å².